The zero-order valence-corrected chi connectivity index (χ0v) is 10.9. The van der Waals surface area contributed by atoms with Gasteiger partial charge in [0.2, 0.25) is 0 Å². The number of esters is 1. The molecule has 2 aliphatic carbocycles. The highest BCUT2D eigenvalue weighted by Gasteiger charge is 2.43. The number of hydrogen-bond donors (Lipinski definition) is 0. The van der Waals surface area contributed by atoms with Crippen LogP contribution in [0.1, 0.15) is 25.7 Å². The van der Waals surface area contributed by atoms with Gasteiger partial charge in [-0.25, -0.2) is 4.79 Å². The summed E-state index contributed by atoms with van der Waals surface area (Å²) in [7, 11) is 1.31. The zero-order chi connectivity index (χ0) is 12.7. The second kappa shape index (κ2) is 4.42. The van der Waals surface area contributed by atoms with Crippen LogP contribution >= 0.6 is 11.8 Å². The third-order valence-electron chi connectivity index (χ3n) is 3.04. The van der Waals surface area contributed by atoms with Crippen LogP contribution in [0, 0.1) is 0 Å². The maximum atomic E-state index is 12.2. The molecule has 6 heteroatoms. The van der Waals surface area contributed by atoms with E-state index in [1.54, 1.807) is 4.90 Å². The number of methoxy groups -OCH3 is 1. The average Bonchev–Trinajstić information content (AvgIpc) is 3.22. The number of aliphatic imine (C=N–C) groups is 1. The van der Waals surface area contributed by atoms with Gasteiger partial charge in [-0.2, -0.15) is 0 Å². The SMILES string of the molecule is COC(=O)C=C1SC(=NC2CC2)N(C2CC2)C1=O. The topological polar surface area (TPSA) is 59.0 Å². The van der Waals surface area contributed by atoms with E-state index in [0.717, 1.165) is 30.9 Å². The summed E-state index contributed by atoms with van der Waals surface area (Å²) in [5.74, 6) is -0.596. The summed E-state index contributed by atoms with van der Waals surface area (Å²) in [5, 5.41) is 0.764. The fraction of sp³-hybridized carbons (Fsp3) is 0.583. The first kappa shape index (κ1) is 11.8. The van der Waals surface area contributed by atoms with Gasteiger partial charge in [-0.3, -0.25) is 14.7 Å². The van der Waals surface area contributed by atoms with Crippen molar-refractivity contribution >= 4 is 28.8 Å². The van der Waals surface area contributed by atoms with Crippen molar-refractivity contribution in [3.63, 3.8) is 0 Å². The Bertz CT molecular complexity index is 464. The fourth-order valence-electron chi connectivity index (χ4n) is 1.76. The lowest BCUT2D eigenvalue weighted by Gasteiger charge is -2.13. The number of thioether (sulfide) groups is 1. The molecule has 1 heterocycles. The van der Waals surface area contributed by atoms with Crippen molar-refractivity contribution in [2.45, 2.75) is 37.8 Å². The molecule has 0 atom stereocenters. The number of hydrogen-bond acceptors (Lipinski definition) is 5. The largest absolute Gasteiger partial charge is 0.466 e. The van der Waals surface area contributed by atoms with E-state index in [1.165, 1.54) is 24.9 Å². The molecule has 0 radical (unpaired) electrons. The second-order valence-corrected chi connectivity index (χ2v) is 5.69. The smallest absolute Gasteiger partial charge is 0.331 e. The summed E-state index contributed by atoms with van der Waals surface area (Å²) in [5.41, 5.74) is 0. The Balaban J connectivity index is 1.85. The highest BCUT2D eigenvalue weighted by Crippen LogP contribution is 2.40. The zero-order valence-electron chi connectivity index (χ0n) is 10.1. The predicted molar refractivity (Wildman–Crippen MR) is 68.0 cm³/mol. The maximum Gasteiger partial charge on any atom is 0.331 e. The quantitative estimate of drug-likeness (QED) is 0.570. The molecule has 1 amide bonds. The molecule has 0 aromatic heterocycles. The van der Waals surface area contributed by atoms with Gasteiger partial charge in [0.15, 0.2) is 5.17 Å². The van der Waals surface area contributed by atoms with E-state index in [2.05, 4.69) is 9.73 Å². The molecule has 3 rings (SSSR count). The van der Waals surface area contributed by atoms with Crippen LogP contribution in [-0.2, 0) is 14.3 Å². The lowest BCUT2D eigenvalue weighted by molar-refractivity contribution is -0.135. The molecule has 5 nitrogen and oxygen atoms in total. The van der Waals surface area contributed by atoms with Crippen LogP contribution in [0.2, 0.25) is 0 Å². The van der Waals surface area contributed by atoms with Crippen molar-refractivity contribution in [1.82, 2.24) is 4.90 Å². The lowest BCUT2D eigenvalue weighted by atomic mass is 10.4. The van der Waals surface area contributed by atoms with Gasteiger partial charge in [0, 0.05) is 12.1 Å². The number of amidine groups is 1. The first-order chi connectivity index (χ1) is 8.69. The predicted octanol–water partition coefficient (Wildman–Crippen LogP) is 1.30. The number of nitrogens with zero attached hydrogens (tertiary/aromatic N) is 2. The van der Waals surface area contributed by atoms with Crippen molar-refractivity contribution in [1.29, 1.82) is 0 Å². The highest BCUT2D eigenvalue weighted by molar-refractivity contribution is 8.18. The second-order valence-electron chi connectivity index (χ2n) is 4.68. The molecule has 0 aromatic carbocycles. The normalized spacial score (nSPS) is 28.3. The van der Waals surface area contributed by atoms with E-state index in [0.29, 0.717) is 10.9 Å². The summed E-state index contributed by atoms with van der Waals surface area (Å²) in [6.45, 7) is 0. The van der Waals surface area contributed by atoms with E-state index in [9.17, 15) is 9.59 Å². The minimum Gasteiger partial charge on any atom is -0.466 e. The van der Waals surface area contributed by atoms with Crippen molar-refractivity contribution in [2.75, 3.05) is 7.11 Å². The monoisotopic (exact) mass is 266 g/mol. The summed E-state index contributed by atoms with van der Waals surface area (Å²) in [6.07, 6.45) is 5.53. The molecular weight excluding hydrogens is 252 g/mol. The van der Waals surface area contributed by atoms with Crippen LogP contribution < -0.4 is 0 Å². The Morgan fingerprint density at radius 2 is 2.17 bits per heavy atom. The van der Waals surface area contributed by atoms with E-state index < -0.39 is 5.97 Å². The maximum absolute atomic E-state index is 12.2. The summed E-state index contributed by atoms with van der Waals surface area (Å²) in [4.78, 5) is 30.2. The Kier molecular flexibility index (Phi) is 2.89. The van der Waals surface area contributed by atoms with Crippen molar-refractivity contribution < 1.29 is 14.3 Å². The summed E-state index contributed by atoms with van der Waals surface area (Å²) >= 11 is 1.29. The first-order valence-corrected chi connectivity index (χ1v) is 6.89. The third-order valence-corrected chi connectivity index (χ3v) is 4.04. The Hall–Kier alpha value is -1.30. The molecule has 0 spiro atoms. The van der Waals surface area contributed by atoms with Gasteiger partial charge in [-0.1, -0.05) is 0 Å². The van der Waals surface area contributed by atoms with Crippen molar-refractivity contribution in [3.05, 3.63) is 11.0 Å². The molecule has 0 aromatic rings. The van der Waals surface area contributed by atoms with E-state index in [4.69, 9.17) is 0 Å². The van der Waals surface area contributed by atoms with Gasteiger partial charge in [0.05, 0.1) is 18.1 Å². The van der Waals surface area contributed by atoms with Gasteiger partial charge in [0.25, 0.3) is 5.91 Å². The van der Waals surface area contributed by atoms with Crippen LogP contribution in [0.15, 0.2) is 16.0 Å². The Morgan fingerprint density at radius 1 is 1.44 bits per heavy atom. The van der Waals surface area contributed by atoms with Gasteiger partial charge >= 0.3 is 5.97 Å². The number of ether oxygens (including phenoxy) is 1. The first-order valence-electron chi connectivity index (χ1n) is 6.08. The molecule has 3 fully saturated rings. The van der Waals surface area contributed by atoms with Crippen LogP contribution in [0.4, 0.5) is 0 Å². The minimum atomic E-state index is -0.491. The van der Waals surface area contributed by atoms with Crippen LogP contribution in [0.5, 0.6) is 0 Å². The summed E-state index contributed by atoms with van der Waals surface area (Å²) < 4.78 is 4.56. The van der Waals surface area contributed by atoms with Crippen LogP contribution in [0.3, 0.4) is 0 Å². The molecule has 1 aliphatic heterocycles. The molecule has 0 unspecified atom stereocenters. The van der Waals surface area contributed by atoms with Crippen molar-refractivity contribution in [3.8, 4) is 0 Å². The van der Waals surface area contributed by atoms with Crippen molar-refractivity contribution in [2.24, 2.45) is 4.99 Å². The van der Waals surface area contributed by atoms with E-state index in [-0.39, 0.29) is 11.9 Å². The molecule has 0 bridgehead atoms. The van der Waals surface area contributed by atoms with Gasteiger partial charge in [-0.05, 0) is 37.4 Å². The lowest BCUT2D eigenvalue weighted by Crippen LogP contribution is -2.31. The molecule has 1 saturated heterocycles. The molecular formula is C12H14N2O3S. The standard InChI is InChI=1S/C12H14N2O3S/c1-17-10(15)6-9-11(16)14(8-4-5-8)12(18-9)13-7-2-3-7/h6-8H,2-5H2,1H3. The van der Waals surface area contributed by atoms with Gasteiger partial charge in [-0.15, -0.1) is 0 Å². The number of amides is 1. The van der Waals surface area contributed by atoms with Gasteiger partial charge in [0.1, 0.15) is 0 Å². The van der Waals surface area contributed by atoms with Gasteiger partial charge < -0.3 is 4.74 Å². The third kappa shape index (κ3) is 2.29. The van der Waals surface area contributed by atoms with Crippen LogP contribution in [-0.4, -0.2) is 41.1 Å². The summed E-state index contributed by atoms with van der Waals surface area (Å²) in [6, 6.07) is 0.657. The molecule has 18 heavy (non-hydrogen) atoms. The molecule has 0 N–H and O–H groups in total. The molecule has 96 valence electrons. The number of carbonyl (C=O) groups is 2. The number of rotatable bonds is 3. The number of carbonyl (C=O) groups excluding carboxylic acids is 2. The van der Waals surface area contributed by atoms with E-state index >= 15 is 0 Å². The fourth-order valence-corrected chi connectivity index (χ4v) is 2.83. The minimum absolute atomic E-state index is 0.104. The molecule has 3 aliphatic rings. The average molecular weight is 266 g/mol. The Morgan fingerprint density at radius 3 is 2.72 bits per heavy atom. The molecule has 2 saturated carbocycles. The van der Waals surface area contributed by atoms with Crippen LogP contribution in [0.25, 0.3) is 0 Å². The highest BCUT2D eigenvalue weighted by atomic mass is 32.2. The Labute approximate surface area is 109 Å². The van der Waals surface area contributed by atoms with E-state index in [1.807, 2.05) is 0 Å².